The molecule has 1 rings (SSSR count). The van der Waals surface area contributed by atoms with Crippen LogP contribution in [-0.2, 0) is 14.8 Å². The molecule has 1 heterocycles. The van der Waals surface area contributed by atoms with Gasteiger partial charge in [-0.15, -0.1) is 0 Å². The average Bonchev–Trinajstić information content (AvgIpc) is 2.45. The summed E-state index contributed by atoms with van der Waals surface area (Å²) in [6, 6.07) is 0. The van der Waals surface area contributed by atoms with Gasteiger partial charge in [0.15, 0.2) is 0 Å². The summed E-state index contributed by atoms with van der Waals surface area (Å²) in [6.07, 6.45) is 5.92. The van der Waals surface area contributed by atoms with Crippen LogP contribution in [-0.4, -0.2) is 47.0 Å². The molecule has 120 valence electrons. The van der Waals surface area contributed by atoms with Gasteiger partial charge in [0, 0.05) is 19.8 Å². The van der Waals surface area contributed by atoms with Gasteiger partial charge in [-0.1, -0.05) is 13.3 Å². The van der Waals surface area contributed by atoms with Gasteiger partial charge in [0.1, 0.15) is 0 Å². The van der Waals surface area contributed by atoms with Gasteiger partial charge in [-0.05, 0) is 51.1 Å². The Balaban J connectivity index is 2.02. The second-order valence-corrected chi connectivity index (χ2v) is 7.44. The van der Waals surface area contributed by atoms with Gasteiger partial charge >= 0.3 is 0 Å². The van der Waals surface area contributed by atoms with Gasteiger partial charge in [-0.2, -0.15) is 0 Å². The average molecular weight is 306 g/mol. The van der Waals surface area contributed by atoms with Crippen LogP contribution >= 0.6 is 0 Å². The fourth-order valence-corrected chi connectivity index (χ4v) is 3.56. The van der Waals surface area contributed by atoms with Crippen LogP contribution in [0.25, 0.3) is 0 Å². The second kappa shape index (κ2) is 10.5. The topological polar surface area (TPSA) is 67.4 Å². The Kier molecular flexibility index (Phi) is 9.42. The normalized spacial score (nSPS) is 17.4. The molecule has 2 N–H and O–H groups in total. The lowest BCUT2D eigenvalue weighted by Gasteiger charge is -2.22. The van der Waals surface area contributed by atoms with Crippen LogP contribution in [0.2, 0.25) is 0 Å². The van der Waals surface area contributed by atoms with Crippen molar-refractivity contribution in [2.24, 2.45) is 5.92 Å². The Hall–Kier alpha value is -0.170. The molecule has 0 aliphatic carbocycles. The first kappa shape index (κ1) is 17.9. The number of hydrogen-bond acceptors (Lipinski definition) is 4. The zero-order valence-electron chi connectivity index (χ0n) is 12.7. The molecule has 1 aliphatic heterocycles. The van der Waals surface area contributed by atoms with Gasteiger partial charge in [0.2, 0.25) is 10.0 Å². The van der Waals surface area contributed by atoms with Crippen molar-refractivity contribution in [2.45, 2.75) is 45.4 Å². The lowest BCUT2D eigenvalue weighted by Crippen LogP contribution is -2.32. The zero-order valence-corrected chi connectivity index (χ0v) is 13.5. The van der Waals surface area contributed by atoms with Crippen LogP contribution in [0.15, 0.2) is 0 Å². The summed E-state index contributed by atoms with van der Waals surface area (Å²) in [5.41, 5.74) is 0. The molecule has 0 aromatic carbocycles. The van der Waals surface area contributed by atoms with Crippen LogP contribution in [0.1, 0.15) is 45.4 Å². The van der Waals surface area contributed by atoms with Crippen molar-refractivity contribution in [3.8, 4) is 0 Å². The first-order valence-electron chi connectivity index (χ1n) is 7.90. The van der Waals surface area contributed by atoms with E-state index < -0.39 is 10.0 Å². The highest BCUT2D eigenvalue weighted by molar-refractivity contribution is 7.89. The maximum Gasteiger partial charge on any atom is 0.211 e. The van der Waals surface area contributed by atoms with E-state index in [1.165, 1.54) is 0 Å². The molecule has 0 bridgehead atoms. The molecule has 1 aliphatic rings. The van der Waals surface area contributed by atoms with E-state index >= 15 is 0 Å². The molecule has 0 saturated carbocycles. The standard InChI is InChI=1S/C14H30N2O3S/c1-2-3-11-19-12-4-8-16-20(17,18)13-7-14-5-9-15-10-6-14/h14-16H,2-13H2,1H3. The van der Waals surface area contributed by atoms with E-state index in [9.17, 15) is 8.42 Å². The molecular weight excluding hydrogens is 276 g/mol. The quantitative estimate of drug-likeness (QED) is 0.568. The van der Waals surface area contributed by atoms with E-state index in [4.69, 9.17) is 4.74 Å². The molecule has 0 spiro atoms. The van der Waals surface area contributed by atoms with Crippen LogP contribution in [0.3, 0.4) is 0 Å². The molecule has 0 atom stereocenters. The van der Waals surface area contributed by atoms with Crippen molar-refractivity contribution >= 4 is 10.0 Å². The van der Waals surface area contributed by atoms with Crippen LogP contribution < -0.4 is 10.0 Å². The molecule has 0 radical (unpaired) electrons. The minimum Gasteiger partial charge on any atom is -0.381 e. The number of nitrogens with one attached hydrogen (secondary N) is 2. The summed E-state index contributed by atoms with van der Waals surface area (Å²) < 4.78 is 31.7. The summed E-state index contributed by atoms with van der Waals surface area (Å²) in [5.74, 6) is 0.819. The third kappa shape index (κ3) is 8.89. The monoisotopic (exact) mass is 306 g/mol. The van der Waals surface area contributed by atoms with E-state index in [2.05, 4.69) is 17.0 Å². The Morgan fingerprint density at radius 2 is 1.90 bits per heavy atom. The number of piperidine rings is 1. The minimum absolute atomic E-state index is 0.258. The minimum atomic E-state index is -3.10. The fourth-order valence-electron chi connectivity index (χ4n) is 2.31. The van der Waals surface area contributed by atoms with Crippen molar-refractivity contribution in [1.29, 1.82) is 0 Å². The first-order valence-corrected chi connectivity index (χ1v) is 9.55. The maximum atomic E-state index is 11.8. The summed E-state index contributed by atoms with van der Waals surface area (Å²) >= 11 is 0. The molecule has 0 aromatic rings. The molecule has 5 nitrogen and oxygen atoms in total. The molecule has 1 saturated heterocycles. The number of unbranched alkanes of at least 4 members (excludes halogenated alkanes) is 1. The molecule has 20 heavy (non-hydrogen) atoms. The van der Waals surface area contributed by atoms with Crippen molar-refractivity contribution in [1.82, 2.24) is 10.0 Å². The van der Waals surface area contributed by atoms with Crippen LogP contribution in [0.5, 0.6) is 0 Å². The van der Waals surface area contributed by atoms with Crippen molar-refractivity contribution in [2.75, 3.05) is 38.6 Å². The number of hydrogen-bond donors (Lipinski definition) is 2. The van der Waals surface area contributed by atoms with Gasteiger partial charge in [-0.3, -0.25) is 0 Å². The third-order valence-electron chi connectivity index (χ3n) is 3.68. The van der Waals surface area contributed by atoms with Gasteiger partial charge in [0.25, 0.3) is 0 Å². The van der Waals surface area contributed by atoms with Crippen molar-refractivity contribution in [3.05, 3.63) is 0 Å². The smallest absolute Gasteiger partial charge is 0.211 e. The second-order valence-electron chi connectivity index (χ2n) is 5.51. The Morgan fingerprint density at radius 3 is 2.60 bits per heavy atom. The van der Waals surface area contributed by atoms with E-state index in [-0.39, 0.29) is 5.75 Å². The lowest BCUT2D eigenvalue weighted by atomic mass is 9.96. The predicted molar refractivity (Wildman–Crippen MR) is 82.3 cm³/mol. The fraction of sp³-hybridized carbons (Fsp3) is 1.00. The van der Waals surface area contributed by atoms with Crippen molar-refractivity contribution in [3.63, 3.8) is 0 Å². The number of sulfonamides is 1. The lowest BCUT2D eigenvalue weighted by molar-refractivity contribution is 0.130. The molecule has 0 aromatic heterocycles. The maximum absolute atomic E-state index is 11.8. The van der Waals surface area contributed by atoms with E-state index in [0.717, 1.165) is 58.2 Å². The molecule has 0 amide bonds. The highest BCUT2D eigenvalue weighted by Gasteiger charge is 2.17. The van der Waals surface area contributed by atoms with E-state index in [1.54, 1.807) is 0 Å². The molecular formula is C14H30N2O3S. The van der Waals surface area contributed by atoms with E-state index in [1.807, 2.05) is 0 Å². The van der Waals surface area contributed by atoms with Crippen molar-refractivity contribution < 1.29 is 13.2 Å². The Bertz CT molecular complexity index is 327. The molecule has 6 heteroatoms. The predicted octanol–water partition coefficient (Wildman–Crippen LogP) is 1.50. The Morgan fingerprint density at radius 1 is 1.20 bits per heavy atom. The van der Waals surface area contributed by atoms with Gasteiger partial charge in [-0.25, -0.2) is 13.1 Å². The van der Waals surface area contributed by atoms with Crippen LogP contribution in [0, 0.1) is 5.92 Å². The van der Waals surface area contributed by atoms with Gasteiger partial charge < -0.3 is 10.1 Å². The van der Waals surface area contributed by atoms with Crippen LogP contribution in [0.4, 0.5) is 0 Å². The summed E-state index contributed by atoms with van der Waals surface area (Å²) in [7, 11) is -3.10. The summed E-state index contributed by atoms with van der Waals surface area (Å²) in [5, 5.41) is 3.30. The Labute approximate surface area is 123 Å². The highest BCUT2D eigenvalue weighted by Crippen LogP contribution is 2.16. The molecule has 1 fully saturated rings. The number of rotatable bonds is 11. The SMILES string of the molecule is CCCCOCCCNS(=O)(=O)CCC1CCNCC1. The third-order valence-corrected chi connectivity index (χ3v) is 5.10. The summed E-state index contributed by atoms with van der Waals surface area (Å²) in [6.45, 7) is 6.07. The number of ether oxygens (including phenoxy) is 1. The molecule has 0 unspecified atom stereocenters. The highest BCUT2D eigenvalue weighted by atomic mass is 32.2. The summed E-state index contributed by atoms with van der Waals surface area (Å²) in [4.78, 5) is 0. The van der Waals surface area contributed by atoms with E-state index in [0.29, 0.717) is 19.1 Å². The first-order chi connectivity index (χ1) is 9.64. The van der Waals surface area contributed by atoms with Gasteiger partial charge in [0.05, 0.1) is 5.75 Å². The largest absolute Gasteiger partial charge is 0.381 e. The zero-order chi connectivity index (χ0) is 14.7.